The number of halogens is 2. The Balaban J connectivity index is 2.35. The molecule has 1 fully saturated rings. The Morgan fingerprint density at radius 2 is 2.10 bits per heavy atom. The van der Waals surface area contributed by atoms with Crippen molar-refractivity contribution in [2.24, 2.45) is 0 Å². The Kier molecular flexibility index (Phi) is 5.06. The summed E-state index contributed by atoms with van der Waals surface area (Å²) in [5.74, 6) is -0.662. The molecule has 1 heterocycles. The Bertz CT molecular complexity index is 584. The second-order valence-corrected chi connectivity index (χ2v) is 6.89. The number of ether oxygens (including phenoxy) is 1. The fraction of sp³-hybridized carbons (Fsp3) is 0.429. The maximum Gasteiger partial charge on any atom is 0.340 e. The summed E-state index contributed by atoms with van der Waals surface area (Å²) in [5.41, 5.74) is 0.110. The maximum atomic E-state index is 12.5. The first-order chi connectivity index (χ1) is 9.87. The molecule has 0 aliphatic carbocycles. The van der Waals surface area contributed by atoms with E-state index in [2.05, 4.69) is 42.5 Å². The van der Waals surface area contributed by atoms with Gasteiger partial charge in [0.1, 0.15) is 0 Å². The Morgan fingerprint density at radius 1 is 1.38 bits per heavy atom. The fourth-order valence-corrected chi connectivity index (χ4v) is 3.64. The minimum absolute atomic E-state index is 0.159. The molecule has 5 nitrogen and oxygen atoms in total. The molecular weight excluding hydrogens is 404 g/mol. The number of anilines is 1. The number of hydrogen-bond donors (Lipinski definition) is 2. The molecular formula is C14H16Br2N2O3. The minimum Gasteiger partial charge on any atom is -0.465 e. The average Bonchev–Trinajstić information content (AvgIpc) is 2.88. The Labute approximate surface area is 140 Å². The third kappa shape index (κ3) is 3.46. The molecule has 2 rings (SSSR count). The molecule has 0 radical (unpaired) electrons. The summed E-state index contributed by atoms with van der Waals surface area (Å²) in [6.07, 6.45) is 1.72. The molecule has 0 saturated carbocycles. The van der Waals surface area contributed by atoms with Crippen LogP contribution >= 0.6 is 31.9 Å². The zero-order chi connectivity index (χ0) is 15.6. The molecule has 1 atom stereocenters. The van der Waals surface area contributed by atoms with Gasteiger partial charge in [-0.3, -0.25) is 4.79 Å². The number of carbonyl (C=O) groups is 2. The van der Waals surface area contributed by atoms with Crippen molar-refractivity contribution in [1.29, 1.82) is 0 Å². The van der Waals surface area contributed by atoms with Crippen LogP contribution in [-0.2, 0) is 9.53 Å². The summed E-state index contributed by atoms with van der Waals surface area (Å²) in [7, 11) is 1.31. The monoisotopic (exact) mass is 418 g/mol. The van der Waals surface area contributed by atoms with Crippen LogP contribution in [0.2, 0.25) is 0 Å². The van der Waals surface area contributed by atoms with Crippen LogP contribution in [0, 0.1) is 0 Å². The highest BCUT2D eigenvalue weighted by atomic mass is 79.9. The van der Waals surface area contributed by atoms with Gasteiger partial charge in [0.2, 0.25) is 5.91 Å². The zero-order valence-corrected chi connectivity index (χ0v) is 14.9. The number of hydrogen-bond acceptors (Lipinski definition) is 4. The molecule has 0 spiro atoms. The van der Waals surface area contributed by atoms with Crippen LogP contribution in [0.4, 0.5) is 5.69 Å². The van der Waals surface area contributed by atoms with Gasteiger partial charge >= 0.3 is 5.97 Å². The molecule has 2 N–H and O–H groups in total. The predicted octanol–water partition coefficient (Wildman–Crippen LogP) is 3.08. The van der Waals surface area contributed by atoms with Crippen molar-refractivity contribution in [1.82, 2.24) is 5.32 Å². The lowest BCUT2D eigenvalue weighted by Gasteiger charge is -2.24. The lowest BCUT2D eigenvalue weighted by Crippen LogP contribution is -2.48. The van der Waals surface area contributed by atoms with Gasteiger partial charge in [-0.25, -0.2) is 4.79 Å². The predicted molar refractivity (Wildman–Crippen MR) is 87.5 cm³/mol. The first kappa shape index (κ1) is 16.5. The topological polar surface area (TPSA) is 67.4 Å². The summed E-state index contributed by atoms with van der Waals surface area (Å²) in [4.78, 5) is 24.4. The van der Waals surface area contributed by atoms with Crippen LogP contribution in [-0.4, -0.2) is 31.1 Å². The largest absolute Gasteiger partial charge is 0.465 e. The summed E-state index contributed by atoms with van der Waals surface area (Å²) in [6.45, 7) is 2.68. The van der Waals surface area contributed by atoms with E-state index >= 15 is 0 Å². The maximum absolute atomic E-state index is 12.5. The minimum atomic E-state index is -0.611. The standard InChI is InChI=1S/C14H16Br2N2O3/c1-14(4-3-5-17-14)13(20)18-11-9(12(19)21-2)6-8(15)7-10(11)16/h6-7,17H,3-5H2,1-2H3,(H,18,20). The number of nitrogens with one attached hydrogen (secondary N) is 2. The zero-order valence-electron chi connectivity index (χ0n) is 11.8. The van der Waals surface area contributed by atoms with Gasteiger partial charge in [0.05, 0.1) is 23.9 Å². The van der Waals surface area contributed by atoms with Crippen LogP contribution in [0.5, 0.6) is 0 Å². The van der Waals surface area contributed by atoms with E-state index in [0.29, 0.717) is 15.7 Å². The lowest BCUT2D eigenvalue weighted by molar-refractivity contribution is -0.121. The quantitative estimate of drug-likeness (QED) is 0.738. The van der Waals surface area contributed by atoms with E-state index in [-0.39, 0.29) is 5.91 Å². The van der Waals surface area contributed by atoms with E-state index < -0.39 is 11.5 Å². The van der Waals surface area contributed by atoms with Crippen LogP contribution in [0.3, 0.4) is 0 Å². The van der Waals surface area contributed by atoms with Gasteiger partial charge in [-0.05, 0) is 54.4 Å². The second-order valence-electron chi connectivity index (χ2n) is 5.12. The van der Waals surface area contributed by atoms with Crippen molar-refractivity contribution < 1.29 is 14.3 Å². The molecule has 1 aromatic carbocycles. The lowest BCUT2D eigenvalue weighted by atomic mass is 9.99. The van der Waals surface area contributed by atoms with Gasteiger partial charge in [-0.1, -0.05) is 15.9 Å². The SMILES string of the molecule is COC(=O)c1cc(Br)cc(Br)c1NC(=O)C1(C)CCCN1. The third-order valence-corrected chi connectivity index (χ3v) is 4.65. The molecule has 7 heteroatoms. The van der Waals surface area contributed by atoms with E-state index in [1.54, 1.807) is 12.1 Å². The van der Waals surface area contributed by atoms with Crippen LogP contribution in [0.15, 0.2) is 21.1 Å². The van der Waals surface area contributed by atoms with Crippen molar-refractivity contribution in [2.75, 3.05) is 19.0 Å². The third-order valence-electron chi connectivity index (χ3n) is 3.57. The van der Waals surface area contributed by atoms with E-state index in [0.717, 1.165) is 23.9 Å². The van der Waals surface area contributed by atoms with E-state index in [1.807, 2.05) is 6.92 Å². The van der Waals surface area contributed by atoms with Gasteiger partial charge in [-0.2, -0.15) is 0 Å². The molecule has 1 aromatic rings. The summed E-state index contributed by atoms with van der Waals surface area (Å²) >= 11 is 6.70. The summed E-state index contributed by atoms with van der Waals surface area (Å²) in [6, 6.07) is 3.39. The van der Waals surface area contributed by atoms with Gasteiger partial charge in [0.25, 0.3) is 0 Å². The number of methoxy groups -OCH3 is 1. The summed E-state index contributed by atoms with van der Waals surface area (Å²) in [5, 5.41) is 6.03. The average molecular weight is 420 g/mol. The van der Waals surface area contributed by atoms with Crippen molar-refractivity contribution in [3.63, 3.8) is 0 Å². The highest BCUT2D eigenvalue weighted by Crippen LogP contribution is 2.32. The highest BCUT2D eigenvalue weighted by Gasteiger charge is 2.36. The first-order valence-electron chi connectivity index (χ1n) is 6.51. The van der Waals surface area contributed by atoms with Gasteiger partial charge in [0.15, 0.2) is 0 Å². The Morgan fingerprint density at radius 3 is 2.67 bits per heavy atom. The number of carbonyl (C=O) groups excluding carboxylic acids is 2. The van der Waals surface area contributed by atoms with Crippen LogP contribution in [0.1, 0.15) is 30.1 Å². The summed E-state index contributed by atoms with van der Waals surface area (Å²) < 4.78 is 6.11. The Hall–Kier alpha value is -0.920. The van der Waals surface area contributed by atoms with Gasteiger partial charge in [-0.15, -0.1) is 0 Å². The van der Waals surface area contributed by atoms with Crippen LogP contribution in [0.25, 0.3) is 0 Å². The number of esters is 1. The number of benzene rings is 1. The van der Waals surface area contributed by atoms with Gasteiger partial charge in [0, 0.05) is 8.95 Å². The van der Waals surface area contributed by atoms with Crippen LogP contribution < -0.4 is 10.6 Å². The van der Waals surface area contributed by atoms with E-state index in [9.17, 15) is 9.59 Å². The number of amides is 1. The highest BCUT2D eigenvalue weighted by molar-refractivity contribution is 9.11. The molecule has 1 unspecified atom stereocenters. The molecule has 0 bridgehead atoms. The molecule has 1 saturated heterocycles. The number of rotatable bonds is 3. The van der Waals surface area contributed by atoms with Crippen molar-refractivity contribution >= 4 is 49.4 Å². The smallest absolute Gasteiger partial charge is 0.340 e. The molecule has 1 amide bonds. The second kappa shape index (κ2) is 6.46. The van der Waals surface area contributed by atoms with E-state index in [1.165, 1.54) is 7.11 Å². The fourth-order valence-electron chi connectivity index (χ4n) is 2.31. The molecule has 1 aliphatic rings. The molecule has 21 heavy (non-hydrogen) atoms. The first-order valence-corrected chi connectivity index (χ1v) is 8.10. The van der Waals surface area contributed by atoms with Crippen molar-refractivity contribution in [2.45, 2.75) is 25.3 Å². The molecule has 1 aliphatic heterocycles. The van der Waals surface area contributed by atoms with Crippen molar-refractivity contribution in [3.05, 3.63) is 26.6 Å². The van der Waals surface area contributed by atoms with E-state index in [4.69, 9.17) is 4.74 Å². The molecule has 0 aromatic heterocycles. The molecule has 114 valence electrons. The van der Waals surface area contributed by atoms with Gasteiger partial charge < -0.3 is 15.4 Å². The normalized spacial score (nSPS) is 21.1. The van der Waals surface area contributed by atoms with Crippen molar-refractivity contribution in [3.8, 4) is 0 Å².